The highest BCUT2D eigenvalue weighted by molar-refractivity contribution is 7.98. The molecule has 0 bridgehead atoms. The summed E-state index contributed by atoms with van der Waals surface area (Å²) < 4.78 is 0. The fraction of sp³-hybridized carbons (Fsp3) is 1.00. The van der Waals surface area contributed by atoms with Crippen LogP contribution < -0.4 is 5.32 Å². The van der Waals surface area contributed by atoms with Crippen molar-refractivity contribution in [2.45, 2.75) is 18.4 Å². The molecule has 1 heterocycles. The number of hydrogen-bond acceptors (Lipinski definition) is 3. The summed E-state index contributed by atoms with van der Waals surface area (Å²) in [6.07, 6.45) is 4.20. The predicted molar refractivity (Wildman–Crippen MR) is 45.4 cm³/mol. The van der Waals surface area contributed by atoms with Gasteiger partial charge in [0, 0.05) is 13.1 Å². The van der Waals surface area contributed by atoms with E-state index in [1.54, 1.807) is 0 Å². The summed E-state index contributed by atoms with van der Waals surface area (Å²) in [5.41, 5.74) is -0.351. The maximum absolute atomic E-state index is 9.56. The summed E-state index contributed by atoms with van der Waals surface area (Å²) in [7, 11) is 0. The van der Waals surface area contributed by atoms with Crippen molar-refractivity contribution in [3.8, 4) is 0 Å². The topological polar surface area (TPSA) is 32.3 Å². The molecule has 1 aliphatic heterocycles. The number of β-amino-alcohol motifs (C(OH)–C–C–N with tert-alkyl or cyclic N) is 1. The summed E-state index contributed by atoms with van der Waals surface area (Å²) >= 11 is 1.85. The van der Waals surface area contributed by atoms with Crippen molar-refractivity contribution < 1.29 is 5.11 Å². The number of nitrogens with one attached hydrogen (secondary N) is 1. The third-order valence-corrected chi connectivity index (χ3v) is 2.60. The van der Waals surface area contributed by atoms with E-state index in [1.165, 1.54) is 5.75 Å². The number of hydrogen-bond donors (Lipinski definition) is 2. The lowest BCUT2D eigenvalue weighted by Crippen LogP contribution is -2.59. The lowest BCUT2D eigenvalue weighted by Gasteiger charge is -2.37. The molecule has 0 spiro atoms. The van der Waals surface area contributed by atoms with E-state index < -0.39 is 0 Å². The zero-order valence-electron chi connectivity index (χ0n) is 6.39. The third-order valence-electron chi connectivity index (χ3n) is 1.90. The minimum absolute atomic E-state index is 0.351. The smallest absolute Gasteiger partial charge is 0.0895 e. The fourth-order valence-corrected chi connectivity index (χ4v) is 1.57. The van der Waals surface area contributed by atoms with Crippen LogP contribution >= 0.6 is 11.8 Å². The van der Waals surface area contributed by atoms with E-state index in [4.69, 9.17) is 0 Å². The van der Waals surface area contributed by atoms with Crippen LogP contribution in [0.25, 0.3) is 0 Å². The minimum atomic E-state index is -0.351. The van der Waals surface area contributed by atoms with Crippen LogP contribution in [0, 0.1) is 0 Å². The summed E-state index contributed by atoms with van der Waals surface area (Å²) in [6.45, 7) is 1.59. The molecule has 0 atom stereocenters. The van der Waals surface area contributed by atoms with Crippen LogP contribution in [-0.4, -0.2) is 35.8 Å². The van der Waals surface area contributed by atoms with Crippen LogP contribution in [0.2, 0.25) is 0 Å². The van der Waals surface area contributed by atoms with E-state index >= 15 is 0 Å². The molecular weight excluding hydrogens is 146 g/mol. The molecule has 1 fully saturated rings. The van der Waals surface area contributed by atoms with E-state index in [2.05, 4.69) is 11.6 Å². The maximum Gasteiger partial charge on any atom is 0.0895 e. The van der Waals surface area contributed by atoms with Gasteiger partial charge in [0.1, 0.15) is 0 Å². The Morgan fingerprint density at radius 2 is 2.30 bits per heavy atom. The molecule has 0 aromatic carbocycles. The Hall–Kier alpha value is 0.270. The van der Waals surface area contributed by atoms with E-state index in [-0.39, 0.29) is 5.60 Å². The normalized spacial score (nSPS) is 22.2. The Bertz CT molecular complexity index is 104. The molecule has 1 aliphatic rings. The number of thioether (sulfide) groups is 1. The standard InChI is InChI=1S/C7H15NOS/c1-10-4-2-3-7(9)5-8-6-7/h8-9H,2-6H2,1H3. The van der Waals surface area contributed by atoms with Crippen LogP contribution in [0.1, 0.15) is 12.8 Å². The minimum Gasteiger partial charge on any atom is -0.387 e. The Morgan fingerprint density at radius 3 is 2.70 bits per heavy atom. The SMILES string of the molecule is CSCCCC1(O)CNC1. The molecule has 2 nitrogen and oxygen atoms in total. The summed E-state index contributed by atoms with van der Waals surface area (Å²) in [5.74, 6) is 1.17. The first-order valence-electron chi connectivity index (χ1n) is 3.69. The van der Waals surface area contributed by atoms with Crippen LogP contribution in [0.15, 0.2) is 0 Å². The summed E-state index contributed by atoms with van der Waals surface area (Å²) in [6, 6.07) is 0. The molecular formula is C7H15NOS. The zero-order valence-corrected chi connectivity index (χ0v) is 7.21. The second-order valence-electron chi connectivity index (χ2n) is 2.92. The first kappa shape index (κ1) is 8.37. The summed E-state index contributed by atoms with van der Waals surface area (Å²) in [4.78, 5) is 0. The van der Waals surface area contributed by atoms with Gasteiger partial charge in [-0.05, 0) is 24.9 Å². The second-order valence-corrected chi connectivity index (χ2v) is 3.91. The molecule has 0 aromatic heterocycles. The Kier molecular flexibility index (Phi) is 3.01. The van der Waals surface area contributed by atoms with Crippen molar-refractivity contribution in [1.82, 2.24) is 5.32 Å². The zero-order chi connectivity index (χ0) is 7.45. The average molecular weight is 161 g/mol. The molecule has 60 valence electrons. The quantitative estimate of drug-likeness (QED) is 0.588. The van der Waals surface area contributed by atoms with Gasteiger partial charge in [-0.1, -0.05) is 0 Å². The summed E-state index contributed by atoms with van der Waals surface area (Å²) in [5, 5.41) is 12.6. The monoisotopic (exact) mass is 161 g/mol. The molecule has 0 amide bonds. The van der Waals surface area contributed by atoms with E-state index in [0.29, 0.717) is 0 Å². The first-order chi connectivity index (χ1) is 4.77. The van der Waals surface area contributed by atoms with Gasteiger partial charge in [-0.3, -0.25) is 0 Å². The van der Waals surface area contributed by atoms with Crippen molar-refractivity contribution in [2.24, 2.45) is 0 Å². The van der Waals surface area contributed by atoms with Gasteiger partial charge in [0.05, 0.1) is 5.60 Å². The van der Waals surface area contributed by atoms with Crippen molar-refractivity contribution >= 4 is 11.8 Å². The number of aliphatic hydroxyl groups is 1. The highest BCUT2D eigenvalue weighted by atomic mass is 32.2. The van der Waals surface area contributed by atoms with Gasteiger partial charge in [-0.2, -0.15) is 11.8 Å². The van der Waals surface area contributed by atoms with Gasteiger partial charge in [0.25, 0.3) is 0 Å². The van der Waals surface area contributed by atoms with Crippen LogP contribution in [-0.2, 0) is 0 Å². The van der Waals surface area contributed by atoms with E-state index in [1.807, 2.05) is 11.8 Å². The van der Waals surface area contributed by atoms with Gasteiger partial charge >= 0.3 is 0 Å². The molecule has 0 saturated carbocycles. The predicted octanol–water partition coefficient (Wildman–Crippen LogP) is 0.464. The molecule has 3 heteroatoms. The molecule has 0 radical (unpaired) electrons. The van der Waals surface area contributed by atoms with Gasteiger partial charge in [0.2, 0.25) is 0 Å². The van der Waals surface area contributed by atoms with Crippen molar-refractivity contribution in [1.29, 1.82) is 0 Å². The lowest BCUT2D eigenvalue weighted by atomic mass is 9.92. The molecule has 0 aliphatic carbocycles. The number of rotatable bonds is 4. The van der Waals surface area contributed by atoms with E-state index in [0.717, 1.165) is 25.9 Å². The van der Waals surface area contributed by atoms with Gasteiger partial charge < -0.3 is 10.4 Å². The van der Waals surface area contributed by atoms with Crippen LogP contribution in [0.5, 0.6) is 0 Å². The van der Waals surface area contributed by atoms with Gasteiger partial charge in [-0.15, -0.1) is 0 Å². The Morgan fingerprint density at radius 1 is 1.60 bits per heavy atom. The van der Waals surface area contributed by atoms with Crippen molar-refractivity contribution in [3.05, 3.63) is 0 Å². The maximum atomic E-state index is 9.56. The van der Waals surface area contributed by atoms with E-state index in [9.17, 15) is 5.11 Å². The lowest BCUT2D eigenvalue weighted by molar-refractivity contribution is -0.0173. The molecule has 0 aromatic rings. The third kappa shape index (κ3) is 2.15. The van der Waals surface area contributed by atoms with Crippen molar-refractivity contribution in [2.75, 3.05) is 25.1 Å². The van der Waals surface area contributed by atoms with Crippen molar-refractivity contribution in [3.63, 3.8) is 0 Å². The molecule has 0 unspecified atom stereocenters. The van der Waals surface area contributed by atoms with Gasteiger partial charge in [-0.25, -0.2) is 0 Å². The highest BCUT2D eigenvalue weighted by Crippen LogP contribution is 2.18. The molecule has 10 heavy (non-hydrogen) atoms. The van der Waals surface area contributed by atoms with Crippen LogP contribution in [0.4, 0.5) is 0 Å². The molecule has 1 rings (SSSR count). The Balaban J connectivity index is 2.01. The van der Waals surface area contributed by atoms with Crippen LogP contribution in [0.3, 0.4) is 0 Å². The molecule has 1 saturated heterocycles. The first-order valence-corrected chi connectivity index (χ1v) is 5.08. The molecule has 2 N–H and O–H groups in total. The Labute approximate surface area is 66.4 Å². The average Bonchev–Trinajstić information content (AvgIpc) is 1.85. The largest absolute Gasteiger partial charge is 0.387 e. The highest BCUT2D eigenvalue weighted by Gasteiger charge is 2.32. The second kappa shape index (κ2) is 3.60. The fourth-order valence-electron chi connectivity index (χ4n) is 1.14. The van der Waals surface area contributed by atoms with Gasteiger partial charge in [0.15, 0.2) is 0 Å².